The summed E-state index contributed by atoms with van der Waals surface area (Å²) in [6, 6.07) is 18.1. The Morgan fingerprint density at radius 2 is 1.79 bits per heavy atom. The number of hydrogen-bond acceptors (Lipinski definition) is 5. The number of hydrogen-bond donors (Lipinski definition) is 2. The molecule has 2 N–H and O–H groups in total. The minimum atomic E-state index is -1.27. The number of nitrogens with one attached hydrogen (secondary N) is 1. The Kier molecular flexibility index (Phi) is 7.99. The zero-order valence-corrected chi connectivity index (χ0v) is 23.0. The Morgan fingerprint density at radius 1 is 1.13 bits per heavy atom. The van der Waals surface area contributed by atoms with E-state index in [4.69, 9.17) is 21.1 Å². The third-order valence-electron chi connectivity index (χ3n) is 6.59. The van der Waals surface area contributed by atoms with Crippen molar-refractivity contribution in [3.05, 3.63) is 87.9 Å². The van der Waals surface area contributed by atoms with Crippen LogP contribution in [0.1, 0.15) is 56.0 Å². The van der Waals surface area contributed by atoms with Crippen LogP contribution in [-0.2, 0) is 21.6 Å². The molecule has 38 heavy (non-hydrogen) atoms. The van der Waals surface area contributed by atoms with Crippen molar-refractivity contribution >= 4 is 29.1 Å². The predicted octanol–water partition coefficient (Wildman–Crippen LogP) is 5.16. The first-order valence-corrected chi connectivity index (χ1v) is 12.9. The molecule has 7 nitrogen and oxygen atoms in total. The average molecular weight is 537 g/mol. The van der Waals surface area contributed by atoms with Gasteiger partial charge in [0.25, 0.3) is 0 Å². The van der Waals surface area contributed by atoms with Crippen molar-refractivity contribution in [2.45, 2.75) is 51.9 Å². The van der Waals surface area contributed by atoms with E-state index in [9.17, 15) is 14.7 Å². The molecule has 0 aliphatic carbocycles. The van der Waals surface area contributed by atoms with Crippen molar-refractivity contribution in [3.8, 4) is 11.5 Å². The monoisotopic (exact) mass is 536 g/mol. The zero-order valence-electron chi connectivity index (χ0n) is 22.2. The number of anilines is 1. The number of rotatable bonds is 8. The molecule has 0 saturated carbocycles. The van der Waals surface area contributed by atoms with E-state index in [-0.39, 0.29) is 30.9 Å². The van der Waals surface area contributed by atoms with Crippen LogP contribution in [0.15, 0.2) is 60.7 Å². The summed E-state index contributed by atoms with van der Waals surface area (Å²) in [6.07, 6.45) is 0.134. The van der Waals surface area contributed by atoms with Gasteiger partial charge >= 0.3 is 0 Å². The zero-order chi connectivity index (χ0) is 27.6. The first-order valence-electron chi connectivity index (χ1n) is 12.5. The van der Waals surface area contributed by atoms with Gasteiger partial charge in [-0.05, 0) is 79.4 Å². The van der Waals surface area contributed by atoms with Crippen molar-refractivity contribution in [3.63, 3.8) is 0 Å². The van der Waals surface area contributed by atoms with Gasteiger partial charge in [0.05, 0.1) is 32.2 Å². The number of nitrogens with zero attached hydrogens (tertiary/aromatic N) is 1. The smallest absolute Gasteiger partial charge is 0.232 e. The van der Waals surface area contributed by atoms with Crippen LogP contribution in [0, 0.1) is 0 Å². The fourth-order valence-electron chi connectivity index (χ4n) is 4.71. The maximum absolute atomic E-state index is 13.7. The molecule has 1 heterocycles. The average Bonchev–Trinajstić information content (AvgIpc) is 2.87. The Hall–Kier alpha value is -3.55. The number of ether oxygens (including phenoxy) is 2. The molecular weight excluding hydrogens is 504 g/mol. The number of aliphatic hydroxyl groups is 1. The number of carbonyl (C=O) groups is 2. The quantitative estimate of drug-likeness (QED) is 0.415. The highest BCUT2D eigenvalue weighted by atomic mass is 35.5. The lowest BCUT2D eigenvalue weighted by atomic mass is 9.86. The molecule has 3 aromatic rings. The number of methoxy groups -OCH3 is 1. The van der Waals surface area contributed by atoms with Gasteiger partial charge in [0.15, 0.2) is 11.5 Å². The summed E-state index contributed by atoms with van der Waals surface area (Å²) in [4.78, 5) is 26.8. The van der Waals surface area contributed by atoms with Gasteiger partial charge in [-0.25, -0.2) is 0 Å². The van der Waals surface area contributed by atoms with E-state index < -0.39 is 11.6 Å². The number of halogens is 1. The van der Waals surface area contributed by atoms with Crippen LogP contribution in [0.3, 0.4) is 0 Å². The second-order valence-electron chi connectivity index (χ2n) is 9.99. The Morgan fingerprint density at radius 3 is 2.37 bits per heavy atom. The first-order chi connectivity index (χ1) is 18.0. The van der Waals surface area contributed by atoms with E-state index >= 15 is 0 Å². The predicted molar refractivity (Wildman–Crippen MR) is 148 cm³/mol. The van der Waals surface area contributed by atoms with E-state index in [0.717, 1.165) is 16.7 Å². The van der Waals surface area contributed by atoms with E-state index in [1.807, 2.05) is 62.4 Å². The van der Waals surface area contributed by atoms with Gasteiger partial charge in [-0.15, -0.1) is 0 Å². The summed E-state index contributed by atoms with van der Waals surface area (Å²) in [5, 5.41) is 14.2. The summed E-state index contributed by atoms with van der Waals surface area (Å²) in [6.45, 7) is 7.02. The fourth-order valence-corrected chi connectivity index (χ4v) is 4.83. The van der Waals surface area contributed by atoms with E-state index in [1.54, 1.807) is 31.1 Å². The highest BCUT2D eigenvalue weighted by Gasteiger charge is 2.36. The van der Waals surface area contributed by atoms with Crippen LogP contribution in [0.4, 0.5) is 5.69 Å². The van der Waals surface area contributed by atoms with Gasteiger partial charge in [-0.3, -0.25) is 9.59 Å². The summed E-state index contributed by atoms with van der Waals surface area (Å²) in [5.74, 6) is 0.899. The molecule has 1 unspecified atom stereocenters. The van der Waals surface area contributed by atoms with E-state index in [2.05, 4.69) is 5.32 Å². The second-order valence-corrected chi connectivity index (χ2v) is 10.4. The summed E-state index contributed by atoms with van der Waals surface area (Å²) in [7, 11) is 1.59. The molecular formula is C30H33ClN2O5. The molecule has 2 amide bonds. The number of carbonyl (C=O) groups excluding carboxylic acids is 2. The van der Waals surface area contributed by atoms with Crippen LogP contribution < -0.4 is 19.7 Å². The molecule has 0 saturated heterocycles. The van der Waals surface area contributed by atoms with Crippen molar-refractivity contribution in [2.24, 2.45) is 0 Å². The van der Waals surface area contributed by atoms with Crippen LogP contribution in [-0.4, -0.2) is 36.7 Å². The Labute approximate surface area is 228 Å². The molecule has 0 aromatic heterocycles. The lowest BCUT2D eigenvalue weighted by molar-refractivity contribution is -0.120. The number of fused-ring (bicyclic) bond motifs is 1. The number of amides is 2. The normalized spacial score (nSPS) is 16.6. The largest absolute Gasteiger partial charge is 0.493 e. The number of benzene rings is 3. The molecule has 3 aromatic carbocycles. The van der Waals surface area contributed by atoms with Crippen molar-refractivity contribution < 1.29 is 24.2 Å². The molecule has 0 fully saturated rings. The van der Waals surface area contributed by atoms with Crippen LogP contribution >= 0.6 is 11.6 Å². The van der Waals surface area contributed by atoms with E-state index in [1.165, 1.54) is 6.92 Å². The van der Waals surface area contributed by atoms with Crippen LogP contribution in [0.2, 0.25) is 5.02 Å². The molecule has 4 rings (SSSR count). The molecule has 0 bridgehead atoms. The second kappa shape index (κ2) is 11.1. The SMILES string of the molecule is COc1cc2c(cc1OC(C)C)[C@H](c1ccc(Cl)cc1)N(c1ccc(C(C)(O)CNC(C)=O)cc1)C(=O)C2. The Balaban J connectivity index is 1.81. The standard InChI is InChI=1S/C30H33ClN2O5/c1-18(2)38-27-16-25-21(14-26(27)37-5)15-28(35)33(29(25)20-6-10-23(31)11-7-20)24-12-8-22(9-13-24)30(4,36)17-32-19(3)34/h6-14,16,18,29,36H,15,17H2,1-5H3,(H,32,34)/t29-,30?/m0/s1. The van der Waals surface area contributed by atoms with Crippen molar-refractivity contribution in [1.82, 2.24) is 5.32 Å². The highest BCUT2D eigenvalue weighted by molar-refractivity contribution is 6.30. The minimum Gasteiger partial charge on any atom is -0.493 e. The van der Waals surface area contributed by atoms with Crippen LogP contribution in [0.25, 0.3) is 0 Å². The highest BCUT2D eigenvalue weighted by Crippen LogP contribution is 2.44. The molecule has 8 heteroatoms. The lowest BCUT2D eigenvalue weighted by Crippen LogP contribution is -2.41. The molecule has 2 atom stereocenters. The topological polar surface area (TPSA) is 88.1 Å². The summed E-state index contributed by atoms with van der Waals surface area (Å²) in [5.41, 5.74) is 2.74. The Bertz CT molecular complexity index is 1320. The minimum absolute atomic E-state index is 0.0601. The van der Waals surface area contributed by atoms with Gasteiger partial charge < -0.3 is 24.8 Å². The molecule has 1 aliphatic heterocycles. The van der Waals surface area contributed by atoms with Crippen molar-refractivity contribution in [2.75, 3.05) is 18.6 Å². The van der Waals surface area contributed by atoms with Gasteiger partial charge in [-0.1, -0.05) is 35.9 Å². The molecule has 0 radical (unpaired) electrons. The summed E-state index contributed by atoms with van der Waals surface area (Å²) >= 11 is 6.19. The first kappa shape index (κ1) is 27.5. The summed E-state index contributed by atoms with van der Waals surface area (Å²) < 4.78 is 11.6. The van der Waals surface area contributed by atoms with Crippen LogP contribution in [0.5, 0.6) is 11.5 Å². The maximum atomic E-state index is 13.7. The van der Waals surface area contributed by atoms with Gasteiger partial charge in [0.2, 0.25) is 11.8 Å². The van der Waals surface area contributed by atoms with Gasteiger partial charge in [0, 0.05) is 17.6 Å². The fraction of sp³-hybridized carbons (Fsp3) is 0.333. The molecule has 200 valence electrons. The van der Waals surface area contributed by atoms with Gasteiger partial charge in [-0.2, -0.15) is 0 Å². The van der Waals surface area contributed by atoms with E-state index in [0.29, 0.717) is 27.8 Å². The third kappa shape index (κ3) is 5.79. The molecule has 0 spiro atoms. The van der Waals surface area contributed by atoms with Gasteiger partial charge in [0.1, 0.15) is 5.60 Å². The maximum Gasteiger partial charge on any atom is 0.232 e. The molecule has 1 aliphatic rings. The lowest BCUT2D eigenvalue weighted by Gasteiger charge is -2.38. The third-order valence-corrected chi connectivity index (χ3v) is 6.84. The van der Waals surface area contributed by atoms with Crippen molar-refractivity contribution in [1.29, 1.82) is 0 Å².